The Morgan fingerprint density at radius 3 is 2.62 bits per heavy atom. The highest BCUT2D eigenvalue weighted by atomic mass is 16.5. The number of benzene rings is 2. The molecule has 5 heteroatoms. The molecule has 0 atom stereocenters. The zero-order valence-electron chi connectivity index (χ0n) is 13.5. The molecule has 0 N–H and O–H groups in total. The number of methoxy groups -OCH3 is 2. The molecule has 0 aromatic heterocycles. The number of carbonyl (C=O) groups excluding carboxylic acids is 1. The second-order valence-corrected chi connectivity index (χ2v) is 4.87. The second-order valence-electron chi connectivity index (χ2n) is 4.87. The molecule has 122 valence electrons. The quantitative estimate of drug-likeness (QED) is 0.602. The molecule has 0 aliphatic carbocycles. The van der Waals surface area contributed by atoms with Gasteiger partial charge in [0.2, 0.25) is 0 Å². The molecule has 0 bridgehead atoms. The van der Waals surface area contributed by atoms with Crippen molar-refractivity contribution in [1.82, 2.24) is 0 Å². The number of carbonyl (C=O) groups is 1. The van der Waals surface area contributed by atoms with E-state index in [4.69, 9.17) is 19.5 Å². The first kappa shape index (κ1) is 17.1. The predicted molar refractivity (Wildman–Crippen MR) is 89.5 cm³/mol. The highest BCUT2D eigenvalue weighted by molar-refractivity contribution is 5.87. The summed E-state index contributed by atoms with van der Waals surface area (Å²) in [6, 6.07) is 14.3. The van der Waals surface area contributed by atoms with Crippen LogP contribution in [0.25, 0.3) is 6.08 Å². The van der Waals surface area contributed by atoms with E-state index in [1.807, 2.05) is 12.1 Å². The van der Waals surface area contributed by atoms with E-state index in [1.54, 1.807) is 56.7 Å². The van der Waals surface area contributed by atoms with E-state index >= 15 is 0 Å². The van der Waals surface area contributed by atoms with Gasteiger partial charge in [-0.25, -0.2) is 4.79 Å². The molecule has 0 aliphatic heterocycles. The maximum absolute atomic E-state index is 11.8. The molecular formula is C19H17NO4. The molecule has 0 saturated carbocycles. The standard InChI is InChI=1S/C19H17NO4/c1-22-17-8-6-14(11-18(17)23-2)7-9-19(21)24-13-16-5-3-4-15(10-16)12-20/h3-11H,13H2,1-2H3/b9-7+. The summed E-state index contributed by atoms with van der Waals surface area (Å²) in [4.78, 5) is 11.8. The Balaban J connectivity index is 1.96. The number of hydrogen-bond donors (Lipinski definition) is 0. The topological polar surface area (TPSA) is 68.5 Å². The molecule has 5 nitrogen and oxygen atoms in total. The zero-order chi connectivity index (χ0) is 17.4. The second kappa shape index (κ2) is 8.39. The minimum Gasteiger partial charge on any atom is -0.493 e. The van der Waals surface area contributed by atoms with Crippen LogP contribution in [-0.4, -0.2) is 20.2 Å². The van der Waals surface area contributed by atoms with Crippen LogP contribution in [0.5, 0.6) is 11.5 Å². The van der Waals surface area contributed by atoms with Gasteiger partial charge < -0.3 is 14.2 Å². The van der Waals surface area contributed by atoms with Crippen LogP contribution in [0.15, 0.2) is 48.5 Å². The van der Waals surface area contributed by atoms with Crippen molar-refractivity contribution >= 4 is 12.0 Å². The van der Waals surface area contributed by atoms with Crippen LogP contribution in [0.1, 0.15) is 16.7 Å². The number of hydrogen-bond acceptors (Lipinski definition) is 5. The van der Waals surface area contributed by atoms with E-state index in [0.717, 1.165) is 11.1 Å². The van der Waals surface area contributed by atoms with Crippen molar-refractivity contribution in [3.63, 3.8) is 0 Å². The predicted octanol–water partition coefficient (Wildman–Crippen LogP) is 3.33. The Morgan fingerprint density at radius 2 is 1.92 bits per heavy atom. The van der Waals surface area contributed by atoms with Gasteiger partial charge in [0.25, 0.3) is 0 Å². The molecule has 2 rings (SSSR count). The Hall–Kier alpha value is -3.26. The van der Waals surface area contributed by atoms with Crippen molar-refractivity contribution in [3.05, 3.63) is 65.2 Å². The van der Waals surface area contributed by atoms with Gasteiger partial charge in [-0.1, -0.05) is 18.2 Å². The smallest absolute Gasteiger partial charge is 0.331 e. The molecule has 0 unspecified atom stereocenters. The van der Waals surface area contributed by atoms with Crippen LogP contribution >= 0.6 is 0 Å². The maximum Gasteiger partial charge on any atom is 0.331 e. The lowest BCUT2D eigenvalue weighted by molar-refractivity contribution is -0.138. The van der Waals surface area contributed by atoms with Gasteiger partial charge in [0.1, 0.15) is 6.61 Å². The molecular weight excluding hydrogens is 306 g/mol. The summed E-state index contributed by atoms with van der Waals surface area (Å²) < 4.78 is 15.5. The molecule has 2 aromatic carbocycles. The average molecular weight is 323 g/mol. The summed E-state index contributed by atoms with van der Waals surface area (Å²) in [6.07, 6.45) is 2.98. The normalized spacial score (nSPS) is 10.2. The number of rotatable bonds is 6. The highest BCUT2D eigenvalue weighted by Gasteiger charge is 2.04. The molecule has 0 amide bonds. The van der Waals surface area contributed by atoms with E-state index in [1.165, 1.54) is 6.08 Å². The van der Waals surface area contributed by atoms with E-state index in [2.05, 4.69) is 0 Å². The maximum atomic E-state index is 11.8. The van der Waals surface area contributed by atoms with Gasteiger partial charge in [-0.05, 0) is 41.5 Å². The third-order valence-corrected chi connectivity index (χ3v) is 3.26. The van der Waals surface area contributed by atoms with Crippen molar-refractivity contribution in [1.29, 1.82) is 5.26 Å². The number of ether oxygens (including phenoxy) is 3. The zero-order valence-corrected chi connectivity index (χ0v) is 13.5. The fourth-order valence-electron chi connectivity index (χ4n) is 2.05. The van der Waals surface area contributed by atoms with Gasteiger partial charge in [-0.3, -0.25) is 0 Å². The third kappa shape index (κ3) is 4.62. The van der Waals surface area contributed by atoms with Crippen LogP contribution in [0.4, 0.5) is 0 Å². The summed E-state index contributed by atoms with van der Waals surface area (Å²) in [6.45, 7) is 0.116. The fourth-order valence-corrected chi connectivity index (χ4v) is 2.05. The van der Waals surface area contributed by atoms with Gasteiger partial charge in [0.05, 0.1) is 25.9 Å². The molecule has 0 saturated heterocycles. The lowest BCUT2D eigenvalue weighted by Crippen LogP contribution is -2.00. The Labute approximate surface area is 140 Å². The first-order valence-corrected chi connectivity index (χ1v) is 7.22. The molecule has 0 aliphatic rings. The summed E-state index contributed by atoms with van der Waals surface area (Å²) in [5, 5.41) is 8.84. The van der Waals surface area contributed by atoms with Crippen LogP contribution < -0.4 is 9.47 Å². The van der Waals surface area contributed by atoms with E-state index < -0.39 is 5.97 Å². The first-order valence-electron chi connectivity index (χ1n) is 7.22. The summed E-state index contributed by atoms with van der Waals surface area (Å²) in [7, 11) is 3.11. The minimum absolute atomic E-state index is 0.116. The van der Waals surface area contributed by atoms with E-state index in [0.29, 0.717) is 17.1 Å². The molecule has 2 aromatic rings. The highest BCUT2D eigenvalue weighted by Crippen LogP contribution is 2.27. The SMILES string of the molecule is COc1ccc(/C=C/C(=O)OCc2cccc(C#N)c2)cc1OC. The summed E-state index contributed by atoms with van der Waals surface area (Å²) >= 11 is 0. The number of nitriles is 1. The Morgan fingerprint density at radius 1 is 1.12 bits per heavy atom. The fraction of sp³-hybridized carbons (Fsp3) is 0.158. The monoisotopic (exact) mass is 323 g/mol. The van der Waals surface area contributed by atoms with Crippen molar-refractivity contribution in [2.24, 2.45) is 0 Å². The van der Waals surface area contributed by atoms with E-state index in [9.17, 15) is 4.79 Å². The minimum atomic E-state index is -0.466. The molecule has 0 spiro atoms. The van der Waals surface area contributed by atoms with Crippen molar-refractivity contribution in [2.45, 2.75) is 6.61 Å². The average Bonchev–Trinajstić information content (AvgIpc) is 2.64. The van der Waals surface area contributed by atoms with Crippen LogP contribution in [-0.2, 0) is 16.1 Å². The van der Waals surface area contributed by atoms with Gasteiger partial charge in [0.15, 0.2) is 11.5 Å². The van der Waals surface area contributed by atoms with Crippen molar-refractivity contribution < 1.29 is 19.0 Å². The van der Waals surface area contributed by atoms with Gasteiger partial charge in [-0.2, -0.15) is 5.26 Å². The number of nitrogens with zero attached hydrogens (tertiary/aromatic N) is 1. The van der Waals surface area contributed by atoms with Gasteiger partial charge in [0, 0.05) is 6.08 Å². The first-order chi connectivity index (χ1) is 11.7. The third-order valence-electron chi connectivity index (χ3n) is 3.26. The molecule has 24 heavy (non-hydrogen) atoms. The summed E-state index contributed by atoms with van der Waals surface area (Å²) in [5.74, 6) is 0.739. The van der Waals surface area contributed by atoms with Crippen LogP contribution in [0.3, 0.4) is 0 Å². The molecule has 0 radical (unpaired) electrons. The Kier molecular flexibility index (Phi) is 5.98. The molecule has 0 heterocycles. The summed E-state index contributed by atoms with van der Waals surface area (Å²) in [5.41, 5.74) is 2.09. The van der Waals surface area contributed by atoms with Crippen molar-refractivity contribution in [3.8, 4) is 17.6 Å². The van der Waals surface area contributed by atoms with E-state index in [-0.39, 0.29) is 6.61 Å². The van der Waals surface area contributed by atoms with Crippen LogP contribution in [0, 0.1) is 11.3 Å². The van der Waals surface area contributed by atoms with Crippen molar-refractivity contribution in [2.75, 3.05) is 14.2 Å². The largest absolute Gasteiger partial charge is 0.493 e. The molecule has 0 fully saturated rings. The number of esters is 1. The Bertz CT molecular complexity index is 790. The lowest BCUT2D eigenvalue weighted by atomic mass is 10.1. The van der Waals surface area contributed by atoms with Crippen LogP contribution in [0.2, 0.25) is 0 Å². The van der Waals surface area contributed by atoms with Gasteiger partial charge >= 0.3 is 5.97 Å². The lowest BCUT2D eigenvalue weighted by Gasteiger charge is -2.07. The van der Waals surface area contributed by atoms with Gasteiger partial charge in [-0.15, -0.1) is 0 Å².